The maximum atomic E-state index is 14.0. The molecule has 1 aliphatic carbocycles. The third kappa shape index (κ3) is 7.96. The van der Waals surface area contributed by atoms with Gasteiger partial charge in [-0.2, -0.15) is 0 Å². The van der Waals surface area contributed by atoms with Crippen molar-refractivity contribution in [2.75, 3.05) is 57.3 Å². The van der Waals surface area contributed by atoms with Gasteiger partial charge >= 0.3 is 0 Å². The molecular weight excluding hydrogens is 740 g/mol. The van der Waals surface area contributed by atoms with Crippen molar-refractivity contribution in [1.82, 2.24) is 35.7 Å². The Kier molecular flexibility index (Phi) is 11.6. The summed E-state index contributed by atoms with van der Waals surface area (Å²) in [6.45, 7) is 7.82. The number of carbonyl (C=O) groups excluding carboxylic acids is 6. The van der Waals surface area contributed by atoms with Crippen molar-refractivity contribution < 1.29 is 33.5 Å². The second-order valence-corrected chi connectivity index (χ2v) is 15.2. The van der Waals surface area contributed by atoms with Crippen LogP contribution in [0.15, 0.2) is 48.8 Å². The van der Waals surface area contributed by atoms with Crippen LogP contribution in [0.4, 0.5) is 5.82 Å². The first kappa shape index (κ1) is 38.8. The van der Waals surface area contributed by atoms with Crippen molar-refractivity contribution in [1.29, 1.82) is 0 Å². The summed E-state index contributed by atoms with van der Waals surface area (Å²) in [4.78, 5) is 91.4. The molecule has 3 aromatic rings. The number of nitrogens with one attached hydrogen (secondary N) is 3. The number of piperazine rings is 1. The first-order valence-electron chi connectivity index (χ1n) is 19.1. The van der Waals surface area contributed by atoms with E-state index >= 15 is 0 Å². The smallest absolute Gasteiger partial charge is 0.266 e. The second kappa shape index (κ2) is 16.8. The van der Waals surface area contributed by atoms with Gasteiger partial charge in [0.05, 0.1) is 22.7 Å². The zero-order chi connectivity index (χ0) is 39.5. The first-order valence-corrected chi connectivity index (χ1v) is 19.5. The molecule has 294 valence electrons. The standard InChI is InChI=1S/C40H45ClN8O7/c1-23-19-24(2)35-33(23)36(45-22-44-35)47-15-17-48(18-16-47)38(53)28(25-7-9-26(41)10-8-25)20-42-13-4-14-43-32(51)21-56-30-6-3-5-27-34(30)40(55)49(39(27)54)29-11-12-31(50)46-37(29)52/h3,5-10,22-24,28-29,42H,4,11-21H2,1-2H3,(H,43,51)(H,46,50,52)/t23-,24-,28-,29?/m1/s1. The fourth-order valence-corrected chi connectivity index (χ4v) is 8.29. The van der Waals surface area contributed by atoms with Crippen molar-refractivity contribution in [3.63, 3.8) is 0 Å². The highest BCUT2D eigenvalue weighted by Gasteiger charge is 2.46. The number of piperidine rings is 1. The lowest BCUT2D eigenvalue weighted by Gasteiger charge is -2.38. The van der Waals surface area contributed by atoms with E-state index < -0.39 is 48.1 Å². The molecule has 16 heteroatoms. The molecule has 3 aliphatic heterocycles. The SMILES string of the molecule is C[C@@H]1C[C@@H](C)c2c1ncnc2N1CCN(C(=O)[C@H](CNCCCNC(=O)COc2cccc3c2C(=O)N(C2CCC(=O)NC2=O)C3=O)c2ccc(Cl)cc2)CC1. The van der Waals surface area contributed by atoms with Crippen LogP contribution in [-0.4, -0.2) is 114 Å². The molecule has 3 N–H and O–H groups in total. The van der Waals surface area contributed by atoms with Gasteiger partial charge in [0.15, 0.2) is 6.61 Å². The minimum absolute atomic E-state index is 0.00795. The summed E-state index contributed by atoms with van der Waals surface area (Å²) in [5.41, 5.74) is 3.28. The molecule has 0 bridgehead atoms. The maximum absolute atomic E-state index is 14.0. The van der Waals surface area contributed by atoms with Gasteiger partial charge in [0, 0.05) is 56.3 Å². The van der Waals surface area contributed by atoms with E-state index in [1.807, 2.05) is 17.0 Å². The summed E-state index contributed by atoms with van der Waals surface area (Å²) >= 11 is 6.18. The number of hydrogen-bond donors (Lipinski definition) is 3. The van der Waals surface area contributed by atoms with Crippen molar-refractivity contribution in [2.45, 2.75) is 63.3 Å². The molecule has 0 radical (unpaired) electrons. The molecule has 4 aliphatic rings. The Morgan fingerprint density at radius 3 is 2.48 bits per heavy atom. The number of benzene rings is 2. The third-order valence-corrected chi connectivity index (χ3v) is 11.3. The molecule has 0 spiro atoms. The minimum Gasteiger partial charge on any atom is -0.483 e. The zero-order valence-electron chi connectivity index (χ0n) is 31.4. The van der Waals surface area contributed by atoms with E-state index in [1.165, 1.54) is 23.8 Å². The fraction of sp³-hybridized carbons (Fsp3) is 0.450. The molecule has 2 saturated heterocycles. The average Bonchev–Trinajstić information content (AvgIpc) is 3.63. The van der Waals surface area contributed by atoms with Crippen molar-refractivity contribution in [3.8, 4) is 5.75 Å². The summed E-state index contributed by atoms with van der Waals surface area (Å²) in [7, 11) is 0. The summed E-state index contributed by atoms with van der Waals surface area (Å²) in [5.74, 6) is -1.52. The van der Waals surface area contributed by atoms with Gasteiger partial charge in [0.1, 0.15) is 23.9 Å². The number of halogens is 1. The van der Waals surface area contributed by atoms with E-state index in [9.17, 15) is 28.8 Å². The zero-order valence-corrected chi connectivity index (χ0v) is 32.1. The van der Waals surface area contributed by atoms with E-state index in [0.29, 0.717) is 69.1 Å². The van der Waals surface area contributed by atoms with Gasteiger partial charge < -0.3 is 25.2 Å². The van der Waals surface area contributed by atoms with Gasteiger partial charge in [-0.25, -0.2) is 9.97 Å². The normalized spacial score (nSPS) is 21.1. The summed E-state index contributed by atoms with van der Waals surface area (Å²) in [6.07, 6.45) is 3.33. The van der Waals surface area contributed by atoms with Gasteiger partial charge in [-0.3, -0.25) is 39.0 Å². The van der Waals surface area contributed by atoms with Crippen LogP contribution in [-0.2, 0) is 19.2 Å². The number of rotatable bonds is 13. The summed E-state index contributed by atoms with van der Waals surface area (Å²) in [5, 5.41) is 8.94. The number of nitrogens with zero attached hydrogens (tertiary/aromatic N) is 5. The van der Waals surface area contributed by atoms with Crippen LogP contribution in [0.3, 0.4) is 0 Å². The Morgan fingerprint density at radius 1 is 0.964 bits per heavy atom. The van der Waals surface area contributed by atoms with Crippen LogP contribution in [0.25, 0.3) is 0 Å². The molecule has 6 amide bonds. The van der Waals surface area contributed by atoms with Crippen LogP contribution in [0, 0.1) is 0 Å². The fourth-order valence-electron chi connectivity index (χ4n) is 8.16. The number of ether oxygens (including phenoxy) is 1. The Morgan fingerprint density at radius 2 is 1.73 bits per heavy atom. The summed E-state index contributed by atoms with van der Waals surface area (Å²) in [6, 6.07) is 10.7. The Balaban J connectivity index is 0.879. The van der Waals surface area contributed by atoms with E-state index in [4.69, 9.17) is 16.3 Å². The number of aromatic nitrogens is 2. The number of anilines is 1. The number of hydrogen-bond acceptors (Lipinski definition) is 11. The largest absolute Gasteiger partial charge is 0.483 e. The Labute approximate surface area is 329 Å². The highest BCUT2D eigenvalue weighted by atomic mass is 35.5. The highest BCUT2D eigenvalue weighted by molar-refractivity contribution is 6.30. The van der Waals surface area contributed by atoms with E-state index in [2.05, 4.69) is 44.7 Å². The maximum Gasteiger partial charge on any atom is 0.266 e. The monoisotopic (exact) mass is 784 g/mol. The summed E-state index contributed by atoms with van der Waals surface area (Å²) < 4.78 is 5.68. The quantitative estimate of drug-likeness (QED) is 0.171. The van der Waals surface area contributed by atoms with Crippen LogP contribution < -0.4 is 25.6 Å². The van der Waals surface area contributed by atoms with Crippen LogP contribution in [0.1, 0.15) is 94.8 Å². The Bertz CT molecular complexity index is 2040. The first-order chi connectivity index (χ1) is 27.0. The molecule has 0 saturated carbocycles. The van der Waals surface area contributed by atoms with Crippen molar-refractivity contribution in [2.24, 2.45) is 0 Å². The molecule has 7 rings (SSSR count). The molecule has 2 fully saturated rings. The minimum atomic E-state index is -1.11. The predicted octanol–water partition coefficient (Wildman–Crippen LogP) is 2.75. The molecule has 4 atom stereocenters. The van der Waals surface area contributed by atoms with E-state index in [1.54, 1.807) is 18.5 Å². The third-order valence-electron chi connectivity index (χ3n) is 11.0. The van der Waals surface area contributed by atoms with E-state index in [0.717, 1.165) is 28.4 Å². The highest BCUT2D eigenvalue weighted by Crippen LogP contribution is 2.44. The van der Waals surface area contributed by atoms with Crippen molar-refractivity contribution in [3.05, 3.63) is 81.8 Å². The van der Waals surface area contributed by atoms with Gasteiger partial charge in [0.25, 0.3) is 17.7 Å². The molecule has 1 unspecified atom stereocenters. The van der Waals surface area contributed by atoms with Gasteiger partial charge in [-0.1, -0.05) is 43.6 Å². The number of carbonyl (C=O) groups is 6. The molecular formula is C40H45ClN8O7. The van der Waals surface area contributed by atoms with Crippen LogP contribution in [0.5, 0.6) is 5.75 Å². The molecule has 56 heavy (non-hydrogen) atoms. The van der Waals surface area contributed by atoms with Gasteiger partial charge in [-0.05, 0) is 67.5 Å². The second-order valence-electron chi connectivity index (χ2n) is 14.8. The molecule has 1 aromatic heterocycles. The lowest BCUT2D eigenvalue weighted by atomic mass is 9.97. The molecule has 4 heterocycles. The van der Waals surface area contributed by atoms with Crippen LogP contribution in [0.2, 0.25) is 5.02 Å². The lowest BCUT2D eigenvalue weighted by molar-refractivity contribution is -0.136. The predicted molar refractivity (Wildman–Crippen MR) is 206 cm³/mol. The van der Waals surface area contributed by atoms with Gasteiger partial charge in [0.2, 0.25) is 17.7 Å². The Hall–Kier alpha value is -5.41. The van der Waals surface area contributed by atoms with Crippen LogP contribution >= 0.6 is 11.6 Å². The van der Waals surface area contributed by atoms with Gasteiger partial charge in [-0.15, -0.1) is 0 Å². The number of imide groups is 2. The van der Waals surface area contributed by atoms with E-state index in [-0.39, 0.29) is 35.6 Å². The lowest BCUT2D eigenvalue weighted by Crippen LogP contribution is -2.54. The number of amides is 6. The van der Waals surface area contributed by atoms with Crippen molar-refractivity contribution >= 4 is 52.9 Å². The number of fused-ring (bicyclic) bond motifs is 2. The molecule has 15 nitrogen and oxygen atoms in total. The average molecular weight is 785 g/mol. The molecule has 2 aromatic carbocycles. The topological polar surface area (TPSA) is 183 Å².